The van der Waals surface area contributed by atoms with E-state index >= 15 is 0 Å². The Morgan fingerprint density at radius 2 is 2.12 bits per heavy atom. The molecule has 17 heavy (non-hydrogen) atoms. The number of rotatable bonds is 7. The molecule has 1 saturated heterocycles. The smallest absolute Gasteiger partial charge is 0.236 e. The van der Waals surface area contributed by atoms with Crippen molar-refractivity contribution in [1.82, 2.24) is 4.90 Å². The van der Waals surface area contributed by atoms with Crippen molar-refractivity contribution < 1.29 is 14.4 Å². The molecule has 4 heteroatoms. The van der Waals surface area contributed by atoms with Gasteiger partial charge < -0.3 is 4.79 Å². The van der Waals surface area contributed by atoms with Gasteiger partial charge in [0, 0.05) is 19.4 Å². The molecule has 1 heterocycles. The van der Waals surface area contributed by atoms with Gasteiger partial charge in [0.15, 0.2) is 0 Å². The van der Waals surface area contributed by atoms with E-state index in [4.69, 9.17) is 0 Å². The van der Waals surface area contributed by atoms with E-state index < -0.39 is 0 Å². The van der Waals surface area contributed by atoms with Gasteiger partial charge >= 0.3 is 0 Å². The molecule has 94 valence electrons. The van der Waals surface area contributed by atoms with Crippen molar-refractivity contribution in [3.8, 4) is 0 Å². The summed E-state index contributed by atoms with van der Waals surface area (Å²) in [6, 6.07) is 0. The number of hydrogen-bond acceptors (Lipinski definition) is 3. The van der Waals surface area contributed by atoms with Gasteiger partial charge in [0.1, 0.15) is 5.78 Å². The summed E-state index contributed by atoms with van der Waals surface area (Å²) in [5.41, 5.74) is 0. The molecule has 0 bridgehead atoms. The Hall–Kier alpha value is -1.45. The zero-order chi connectivity index (χ0) is 12.8. The molecule has 1 atom stereocenters. The molecule has 1 aliphatic rings. The Morgan fingerprint density at radius 3 is 2.65 bits per heavy atom. The highest BCUT2D eigenvalue weighted by molar-refractivity contribution is 6.04. The first kappa shape index (κ1) is 13.6. The molecule has 4 nitrogen and oxygen atoms in total. The van der Waals surface area contributed by atoms with Gasteiger partial charge in [-0.25, -0.2) is 0 Å². The Morgan fingerprint density at radius 1 is 1.41 bits per heavy atom. The zero-order valence-corrected chi connectivity index (χ0v) is 10.3. The molecule has 1 rings (SSSR count). The lowest BCUT2D eigenvalue weighted by molar-refractivity contribution is -0.139. The minimum atomic E-state index is -0.334. The molecule has 0 N–H and O–H groups in total. The second-order valence-electron chi connectivity index (χ2n) is 4.44. The molecule has 0 spiro atoms. The first-order chi connectivity index (χ1) is 8.06. The van der Waals surface area contributed by atoms with Crippen LogP contribution in [0.3, 0.4) is 0 Å². The summed E-state index contributed by atoms with van der Waals surface area (Å²) >= 11 is 0. The van der Waals surface area contributed by atoms with Gasteiger partial charge in [0.2, 0.25) is 11.8 Å². The average molecular weight is 237 g/mol. The maximum atomic E-state index is 11.7. The highest BCUT2D eigenvalue weighted by atomic mass is 16.2. The van der Waals surface area contributed by atoms with Gasteiger partial charge in [-0.3, -0.25) is 14.5 Å². The number of carbonyl (C=O) groups is 3. The van der Waals surface area contributed by atoms with Gasteiger partial charge in [0.25, 0.3) is 0 Å². The summed E-state index contributed by atoms with van der Waals surface area (Å²) in [6.45, 7) is 5.60. The molecule has 2 amide bonds. The van der Waals surface area contributed by atoms with Crippen LogP contribution in [0.2, 0.25) is 0 Å². The van der Waals surface area contributed by atoms with Gasteiger partial charge in [-0.2, -0.15) is 0 Å². The fraction of sp³-hybridized carbons (Fsp3) is 0.615. The SMILES string of the molecule is C=CC1CC(=O)N(CCCCCC(C)=O)C1=O. The van der Waals surface area contributed by atoms with Crippen LogP contribution in [0, 0.1) is 5.92 Å². The predicted octanol–water partition coefficient (Wildman–Crippen LogP) is 1.70. The number of hydrogen-bond donors (Lipinski definition) is 0. The predicted molar refractivity (Wildman–Crippen MR) is 64.2 cm³/mol. The van der Waals surface area contributed by atoms with Crippen molar-refractivity contribution in [2.24, 2.45) is 5.92 Å². The lowest BCUT2D eigenvalue weighted by atomic mass is 10.1. The van der Waals surface area contributed by atoms with Crippen LogP contribution < -0.4 is 0 Å². The Bertz CT molecular complexity index is 336. The summed E-state index contributed by atoms with van der Waals surface area (Å²) in [7, 11) is 0. The van der Waals surface area contributed by atoms with E-state index in [9.17, 15) is 14.4 Å². The Labute approximate surface area is 102 Å². The van der Waals surface area contributed by atoms with Crippen molar-refractivity contribution in [2.45, 2.75) is 39.0 Å². The molecule has 0 radical (unpaired) electrons. The van der Waals surface area contributed by atoms with Crippen molar-refractivity contribution in [3.05, 3.63) is 12.7 Å². The summed E-state index contributed by atoms with van der Waals surface area (Å²) in [4.78, 5) is 35.3. The molecular formula is C13H19NO3. The number of nitrogens with zero attached hydrogens (tertiary/aromatic N) is 1. The van der Waals surface area contributed by atoms with Crippen LogP contribution in [-0.2, 0) is 14.4 Å². The lowest BCUT2D eigenvalue weighted by Crippen LogP contribution is -2.31. The Kier molecular flexibility index (Phi) is 5.07. The standard InChI is InChI=1S/C13H19NO3/c1-3-11-9-12(16)14(13(11)17)8-6-4-5-7-10(2)15/h3,11H,1,4-9H2,2H3. The number of likely N-dealkylation sites (tertiary alicyclic amines) is 1. The van der Waals surface area contributed by atoms with Crippen LogP contribution in [0.4, 0.5) is 0 Å². The van der Waals surface area contributed by atoms with Crippen molar-refractivity contribution in [1.29, 1.82) is 0 Å². The minimum Gasteiger partial charge on any atom is -0.300 e. The van der Waals surface area contributed by atoms with E-state index in [-0.39, 0.29) is 29.9 Å². The summed E-state index contributed by atoms with van der Waals surface area (Å²) in [5, 5.41) is 0. The number of unbranched alkanes of at least 4 members (excludes halogenated alkanes) is 2. The number of Topliss-reactive ketones (excluding diaryl/α,β-unsaturated/α-hetero) is 1. The lowest BCUT2D eigenvalue weighted by Gasteiger charge is -2.13. The molecule has 0 aliphatic carbocycles. The molecule has 0 aromatic heterocycles. The van der Waals surface area contributed by atoms with E-state index in [0.717, 1.165) is 19.3 Å². The van der Waals surface area contributed by atoms with E-state index in [1.807, 2.05) is 0 Å². The Balaban J connectivity index is 2.27. The second kappa shape index (κ2) is 6.33. The fourth-order valence-corrected chi connectivity index (χ4v) is 1.95. The quantitative estimate of drug-likeness (QED) is 0.384. The maximum absolute atomic E-state index is 11.7. The van der Waals surface area contributed by atoms with Crippen LogP contribution in [-0.4, -0.2) is 29.0 Å². The third-order valence-corrected chi connectivity index (χ3v) is 2.97. The van der Waals surface area contributed by atoms with Crippen LogP contribution >= 0.6 is 0 Å². The largest absolute Gasteiger partial charge is 0.300 e. The monoisotopic (exact) mass is 237 g/mol. The van der Waals surface area contributed by atoms with E-state index in [0.29, 0.717) is 13.0 Å². The van der Waals surface area contributed by atoms with Crippen molar-refractivity contribution in [3.63, 3.8) is 0 Å². The highest BCUT2D eigenvalue weighted by Gasteiger charge is 2.35. The van der Waals surface area contributed by atoms with E-state index in [1.165, 1.54) is 11.0 Å². The topological polar surface area (TPSA) is 54.5 Å². The van der Waals surface area contributed by atoms with Gasteiger partial charge in [-0.1, -0.05) is 12.5 Å². The molecule has 1 aliphatic heterocycles. The molecule has 0 aromatic carbocycles. The van der Waals surface area contributed by atoms with Crippen LogP contribution in [0.25, 0.3) is 0 Å². The van der Waals surface area contributed by atoms with Gasteiger partial charge in [-0.05, 0) is 19.8 Å². The first-order valence-electron chi connectivity index (χ1n) is 6.02. The van der Waals surface area contributed by atoms with Gasteiger partial charge in [-0.15, -0.1) is 6.58 Å². The number of carbonyl (C=O) groups excluding carboxylic acids is 3. The van der Waals surface area contributed by atoms with Crippen molar-refractivity contribution >= 4 is 17.6 Å². The zero-order valence-electron chi connectivity index (χ0n) is 10.3. The van der Waals surface area contributed by atoms with Crippen LogP contribution in [0.5, 0.6) is 0 Å². The first-order valence-corrected chi connectivity index (χ1v) is 6.02. The summed E-state index contributed by atoms with van der Waals surface area (Å²) < 4.78 is 0. The van der Waals surface area contributed by atoms with Crippen LogP contribution in [0.15, 0.2) is 12.7 Å². The molecule has 0 saturated carbocycles. The highest BCUT2D eigenvalue weighted by Crippen LogP contribution is 2.20. The van der Waals surface area contributed by atoms with Crippen molar-refractivity contribution in [2.75, 3.05) is 6.54 Å². The van der Waals surface area contributed by atoms with E-state index in [2.05, 4.69) is 6.58 Å². The minimum absolute atomic E-state index is 0.105. The normalized spacial score (nSPS) is 19.8. The van der Waals surface area contributed by atoms with E-state index in [1.54, 1.807) is 6.92 Å². The molecular weight excluding hydrogens is 218 g/mol. The average Bonchev–Trinajstić information content (AvgIpc) is 2.54. The number of imide groups is 1. The number of ketones is 1. The second-order valence-corrected chi connectivity index (χ2v) is 4.44. The summed E-state index contributed by atoms with van der Waals surface area (Å²) in [6.07, 6.45) is 4.85. The molecule has 1 fully saturated rings. The third kappa shape index (κ3) is 3.80. The van der Waals surface area contributed by atoms with Crippen LogP contribution in [0.1, 0.15) is 39.0 Å². The molecule has 0 aromatic rings. The third-order valence-electron chi connectivity index (χ3n) is 2.97. The summed E-state index contributed by atoms with van der Waals surface area (Å²) in [5.74, 6) is -0.382. The van der Waals surface area contributed by atoms with Gasteiger partial charge in [0.05, 0.1) is 5.92 Å². The number of amides is 2. The fourth-order valence-electron chi connectivity index (χ4n) is 1.95. The maximum Gasteiger partial charge on any atom is 0.236 e. The molecule has 1 unspecified atom stereocenters.